The number of methoxy groups -OCH3 is 2. The average molecular weight is 425 g/mol. The van der Waals surface area contributed by atoms with Crippen molar-refractivity contribution < 1.29 is 14.3 Å². The van der Waals surface area contributed by atoms with Crippen molar-refractivity contribution in [3.63, 3.8) is 0 Å². The number of amides is 1. The first kappa shape index (κ1) is 21.5. The highest BCUT2D eigenvalue weighted by Gasteiger charge is 2.35. The molecule has 7 nitrogen and oxygen atoms in total. The zero-order valence-electron chi connectivity index (χ0n) is 18.8. The topological polar surface area (TPSA) is 66.1 Å². The van der Waals surface area contributed by atoms with Crippen LogP contribution in [0.15, 0.2) is 36.4 Å². The van der Waals surface area contributed by atoms with E-state index in [1.807, 2.05) is 23.1 Å². The van der Waals surface area contributed by atoms with Crippen LogP contribution in [0.2, 0.25) is 0 Å². The summed E-state index contributed by atoms with van der Waals surface area (Å²) in [6.45, 7) is 7.50. The second kappa shape index (κ2) is 9.16. The molecule has 2 aromatic carbocycles. The summed E-state index contributed by atoms with van der Waals surface area (Å²) in [6.07, 6.45) is 0.679. The van der Waals surface area contributed by atoms with Gasteiger partial charge in [-0.1, -0.05) is 18.2 Å². The zero-order valence-corrected chi connectivity index (χ0v) is 18.8. The molecule has 2 saturated heterocycles. The molecule has 2 aliphatic rings. The van der Waals surface area contributed by atoms with E-state index in [1.54, 1.807) is 14.2 Å². The molecule has 2 aromatic rings. The van der Waals surface area contributed by atoms with E-state index in [4.69, 9.17) is 9.47 Å². The number of carbonyl (C=O) groups is 1. The van der Waals surface area contributed by atoms with E-state index in [0.29, 0.717) is 6.42 Å². The maximum Gasteiger partial charge on any atom is 0.241 e. The Morgan fingerprint density at radius 3 is 2.48 bits per heavy atom. The van der Waals surface area contributed by atoms with Gasteiger partial charge in [0.25, 0.3) is 0 Å². The predicted octanol–water partition coefficient (Wildman–Crippen LogP) is 2.58. The number of nitrogens with one attached hydrogen (secondary N) is 2. The fourth-order valence-electron chi connectivity index (χ4n) is 4.49. The largest absolute Gasteiger partial charge is 0.497 e. The maximum absolute atomic E-state index is 13.2. The highest BCUT2D eigenvalue weighted by atomic mass is 16.5. The lowest BCUT2D eigenvalue weighted by Gasteiger charge is -2.38. The second-order valence-electron chi connectivity index (χ2n) is 8.27. The summed E-state index contributed by atoms with van der Waals surface area (Å²) < 4.78 is 10.8. The summed E-state index contributed by atoms with van der Waals surface area (Å²) in [6, 6.07) is 12.0. The van der Waals surface area contributed by atoms with E-state index < -0.39 is 0 Å². The Hall–Kier alpha value is -2.77. The van der Waals surface area contributed by atoms with Crippen molar-refractivity contribution in [1.82, 2.24) is 15.8 Å². The zero-order chi connectivity index (χ0) is 22.0. The van der Waals surface area contributed by atoms with Gasteiger partial charge < -0.3 is 19.3 Å². The molecule has 7 heteroatoms. The molecule has 2 fully saturated rings. The van der Waals surface area contributed by atoms with E-state index in [9.17, 15) is 4.79 Å². The molecule has 2 unspecified atom stereocenters. The smallest absolute Gasteiger partial charge is 0.241 e. The van der Waals surface area contributed by atoms with Crippen LogP contribution in [0.3, 0.4) is 0 Å². The Morgan fingerprint density at radius 2 is 1.77 bits per heavy atom. The molecular formula is C24H32N4O3. The Bertz CT molecular complexity index is 940. The number of hydrogen-bond donors (Lipinski definition) is 2. The molecule has 1 amide bonds. The van der Waals surface area contributed by atoms with Crippen LogP contribution in [-0.4, -0.2) is 57.2 Å². The number of piperazine rings is 1. The number of hydrogen-bond acceptors (Lipinski definition) is 6. The van der Waals surface area contributed by atoms with Crippen LogP contribution >= 0.6 is 0 Å². The Labute approximate surface area is 184 Å². The van der Waals surface area contributed by atoms with Gasteiger partial charge in [-0.2, -0.15) is 0 Å². The van der Waals surface area contributed by atoms with Gasteiger partial charge >= 0.3 is 0 Å². The van der Waals surface area contributed by atoms with Gasteiger partial charge in [0.05, 0.1) is 20.3 Å². The first-order chi connectivity index (χ1) is 15.0. The van der Waals surface area contributed by atoms with Crippen molar-refractivity contribution in [2.24, 2.45) is 0 Å². The van der Waals surface area contributed by atoms with Crippen LogP contribution in [0.1, 0.15) is 29.2 Å². The molecule has 0 spiro atoms. The third-order valence-corrected chi connectivity index (χ3v) is 6.53. The lowest BCUT2D eigenvalue weighted by atomic mass is 10.00. The lowest BCUT2D eigenvalue weighted by molar-refractivity contribution is -0.133. The SMILES string of the molecule is COc1ccc(C2CC(C(=O)N3CCN(c4cccc(C)c4C)CC3)NN2)c(OC)c1. The predicted molar refractivity (Wildman–Crippen MR) is 122 cm³/mol. The minimum absolute atomic E-state index is 0.00559. The fourth-order valence-corrected chi connectivity index (χ4v) is 4.49. The van der Waals surface area contributed by atoms with Crippen LogP contribution in [-0.2, 0) is 4.79 Å². The van der Waals surface area contributed by atoms with Crippen LogP contribution in [0.4, 0.5) is 5.69 Å². The van der Waals surface area contributed by atoms with Crippen LogP contribution in [0, 0.1) is 13.8 Å². The number of hydrazine groups is 1. The molecular weight excluding hydrogens is 392 g/mol. The molecule has 4 rings (SSSR count). The number of aryl methyl sites for hydroxylation is 1. The summed E-state index contributed by atoms with van der Waals surface area (Å²) in [7, 11) is 3.29. The number of benzene rings is 2. The molecule has 0 radical (unpaired) electrons. The minimum Gasteiger partial charge on any atom is -0.497 e. The fraction of sp³-hybridized carbons (Fsp3) is 0.458. The van der Waals surface area contributed by atoms with Crippen molar-refractivity contribution in [3.05, 3.63) is 53.1 Å². The maximum atomic E-state index is 13.2. The van der Waals surface area contributed by atoms with Gasteiger partial charge in [0, 0.05) is 43.5 Å². The highest BCUT2D eigenvalue weighted by molar-refractivity contribution is 5.82. The molecule has 2 atom stereocenters. The van der Waals surface area contributed by atoms with E-state index in [0.717, 1.165) is 43.2 Å². The standard InChI is InChI=1S/C24H32N4O3/c1-16-6-5-7-22(17(16)2)27-10-12-28(13-11-27)24(29)21-15-20(25-26-21)19-9-8-18(30-3)14-23(19)31-4/h5-9,14,20-21,25-26H,10-13,15H2,1-4H3. The first-order valence-electron chi connectivity index (χ1n) is 10.8. The van der Waals surface area contributed by atoms with Gasteiger partial charge in [-0.15, -0.1) is 0 Å². The van der Waals surface area contributed by atoms with Gasteiger partial charge in [-0.05, 0) is 43.5 Å². The van der Waals surface area contributed by atoms with Crippen molar-refractivity contribution >= 4 is 11.6 Å². The lowest BCUT2D eigenvalue weighted by Crippen LogP contribution is -2.53. The molecule has 2 aliphatic heterocycles. The number of anilines is 1. The summed E-state index contributed by atoms with van der Waals surface area (Å²) in [5, 5.41) is 0. The third-order valence-electron chi connectivity index (χ3n) is 6.53. The van der Waals surface area contributed by atoms with Gasteiger partial charge in [0.1, 0.15) is 17.5 Å². The van der Waals surface area contributed by atoms with Crippen molar-refractivity contribution in [3.8, 4) is 11.5 Å². The van der Waals surface area contributed by atoms with E-state index in [1.165, 1.54) is 16.8 Å². The summed E-state index contributed by atoms with van der Waals surface area (Å²) in [5.41, 5.74) is 11.4. The highest BCUT2D eigenvalue weighted by Crippen LogP contribution is 2.33. The Balaban J connectivity index is 1.37. The van der Waals surface area contributed by atoms with E-state index in [-0.39, 0.29) is 18.0 Å². The second-order valence-corrected chi connectivity index (χ2v) is 8.27. The number of carbonyl (C=O) groups excluding carboxylic acids is 1. The van der Waals surface area contributed by atoms with Crippen molar-refractivity contribution in [2.45, 2.75) is 32.4 Å². The molecule has 0 aliphatic carbocycles. The Kier molecular flexibility index (Phi) is 6.34. The number of nitrogens with zero attached hydrogens (tertiary/aromatic N) is 2. The van der Waals surface area contributed by atoms with Gasteiger partial charge in [-0.3, -0.25) is 4.79 Å². The minimum atomic E-state index is -0.246. The number of rotatable bonds is 5. The molecule has 0 aromatic heterocycles. The van der Waals surface area contributed by atoms with Crippen LogP contribution < -0.4 is 25.2 Å². The molecule has 0 bridgehead atoms. The van der Waals surface area contributed by atoms with Gasteiger partial charge in [-0.25, -0.2) is 10.9 Å². The van der Waals surface area contributed by atoms with E-state index >= 15 is 0 Å². The quantitative estimate of drug-likeness (QED) is 0.769. The average Bonchev–Trinajstić information content (AvgIpc) is 3.30. The summed E-state index contributed by atoms with van der Waals surface area (Å²) >= 11 is 0. The summed E-state index contributed by atoms with van der Waals surface area (Å²) in [5.74, 6) is 1.66. The molecule has 2 heterocycles. The third kappa shape index (κ3) is 4.34. The normalized spacial score (nSPS) is 21.3. The van der Waals surface area contributed by atoms with Crippen molar-refractivity contribution in [1.29, 1.82) is 0 Å². The first-order valence-corrected chi connectivity index (χ1v) is 10.8. The molecule has 0 saturated carbocycles. The van der Waals surface area contributed by atoms with E-state index in [2.05, 4.69) is 47.8 Å². The molecule has 31 heavy (non-hydrogen) atoms. The van der Waals surface area contributed by atoms with Crippen LogP contribution in [0.25, 0.3) is 0 Å². The van der Waals surface area contributed by atoms with Crippen LogP contribution in [0.5, 0.6) is 11.5 Å². The summed E-state index contributed by atoms with van der Waals surface area (Å²) in [4.78, 5) is 17.5. The molecule has 2 N–H and O–H groups in total. The number of ether oxygens (including phenoxy) is 2. The van der Waals surface area contributed by atoms with Gasteiger partial charge in [0.2, 0.25) is 5.91 Å². The van der Waals surface area contributed by atoms with Gasteiger partial charge in [0.15, 0.2) is 0 Å². The monoisotopic (exact) mass is 424 g/mol. The Morgan fingerprint density at radius 1 is 1.00 bits per heavy atom. The van der Waals surface area contributed by atoms with Crippen molar-refractivity contribution in [2.75, 3.05) is 45.3 Å². The molecule has 166 valence electrons.